The van der Waals surface area contributed by atoms with Crippen molar-refractivity contribution in [3.05, 3.63) is 110 Å². The molecule has 0 bridgehead atoms. The van der Waals surface area contributed by atoms with Crippen LogP contribution in [-0.4, -0.2) is 35.2 Å². The molecule has 0 aliphatic rings. The Labute approximate surface area is 227 Å². The molecule has 0 aromatic carbocycles. The Bertz CT molecular complexity index is 1390. The van der Waals surface area contributed by atoms with Crippen LogP contribution in [0.25, 0.3) is 34.1 Å². The molecule has 6 aromatic rings. The zero-order chi connectivity index (χ0) is 21.9. The van der Waals surface area contributed by atoms with Crippen LogP contribution in [0, 0.1) is 0 Å². The zero-order valence-corrected chi connectivity index (χ0v) is 21.8. The minimum absolute atomic E-state index is 0. The highest BCUT2D eigenvalue weighted by molar-refractivity contribution is 5.56. The van der Waals surface area contributed by atoms with E-state index in [1.54, 1.807) is 0 Å². The van der Waals surface area contributed by atoms with Crippen LogP contribution in [0.15, 0.2) is 110 Å². The van der Waals surface area contributed by atoms with Crippen LogP contribution >= 0.6 is 0 Å². The van der Waals surface area contributed by atoms with Crippen LogP contribution in [0.5, 0.6) is 0 Å². The van der Waals surface area contributed by atoms with Gasteiger partial charge in [0.05, 0.1) is 26.5 Å². The van der Waals surface area contributed by atoms with Gasteiger partial charge in [0.2, 0.25) is 0 Å². The van der Waals surface area contributed by atoms with E-state index in [1.165, 1.54) is 11.0 Å². The minimum atomic E-state index is 0. The van der Waals surface area contributed by atoms with E-state index in [0.29, 0.717) is 0 Å². The first-order valence-electron chi connectivity index (χ1n) is 10.5. The molecule has 0 fully saturated rings. The molecule has 0 radical (unpaired) electrons. The molecule has 6 rings (SSSR count). The van der Waals surface area contributed by atoms with Gasteiger partial charge in [-0.05, 0) is 48.5 Å². The van der Waals surface area contributed by atoms with E-state index in [2.05, 4.69) is 64.8 Å². The fourth-order valence-electron chi connectivity index (χ4n) is 3.97. The molecular weight excluding hydrogens is 515 g/mol. The van der Waals surface area contributed by atoms with Gasteiger partial charge in [-0.1, -0.05) is 24.3 Å². The summed E-state index contributed by atoms with van der Waals surface area (Å²) in [5.41, 5.74) is 4.31. The van der Waals surface area contributed by atoms with Gasteiger partial charge in [-0.3, -0.25) is 0 Å². The molecule has 6 N–H and O–H groups in total. The fraction of sp³-hybridized carbons (Fsp3) is 0.0769. The van der Waals surface area contributed by atoms with E-state index < -0.39 is 0 Å². The highest BCUT2D eigenvalue weighted by Crippen LogP contribution is 2.15. The molecule has 0 aliphatic carbocycles. The molecule has 11 heteroatoms. The Hall–Kier alpha value is -3.86. The number of aryl methyl sites for hydroxylation is 2. The molecule has 0 saturated heterocycles. The summed E-state index contributed by atoms with van der Waals surface area (Å²) in [6.07, 6.45) is 11.9. The maximum Gasteiger partial charge on any atom is 0.312 e. The molecule has 196 valence electrons. The fourth-order valence-corrected chi connectivity index (χ4v) is 3.97. The Kier molecular flexibility index (Phi) is 13.1. The third-order valence-electron chi connectivity index (χ3n) is 5.35. The second-order valence-electron chi connectivity index (χ2n) is 7.55. The van der Waals surface area contributed by atoms with Crippen molar-refractivity contribution in [3.8, 4) is 23.0 Å². The van der Waals surface area contributed by atoms with Crippen molar-refractivity contribution < 1.29 is 50.4 Å². The largest absolute Gasteiger partial charge is 1.00 e. The molecule has 6 aromatic heterocycles. The van der Waals surface area contributed by atoms with Gasteiger partial charge >= 0.3 is 11.6 Å². The summed E-state index contributed by atoms with van der Waals surface area (Å²) in [5.74, 6) is 2.19. The lowest BCUT2D eigenvalue weighted by molar-refractivity contribution is -0.658. The number of imidazole rings is 2. The monoisotopic (exact) mass is 544 g/mol. The third-order valence-corrected chi connectivity index (χ3v) is 5.35. The molecule has 0 saturated carbocycles. The van der Waals surface area contributed by atoms with E-state index in [0.717, 1.165) is 23.0 Å². The summed E-state index contributed by atoms with van der Waals surface area (Å²) in [4.78, 5) is 8.78. The summed E-state index contributed by atoms with van der Waals surface area (Å²) >= 11 is 0. The third kappa shape index (κ3) is 6.67. The van der Waals surface area contributed by atoms with Crippen molar-refractivity contribution in [2.24, 2.45) is 14.1 Å². The number of halogens is 2. The van der Waals surface area contributed by atoms with Crippen molar-refractivity contribution in [1.82, 2.24) is 18.8 Å². The smallest absolute Gasteiger partial charge is 0.312 e. The Morgan fingerprint density at radius 1 is 0.541 bits per heavy atom. The highest BCUT2D eigenvalue weighted by Gasteiger charge is 2.18. The summed E-state index contributed by atoms with van der Waals surface area (Å²) in [6.45, 7) is 0. The van der Waals surface area contributed by atoms with Crippen LogP contribution in [0.2, 0.25) is 0 Å². The molecule has 0 amide bonds. The summed E-state index contributed by atoms with van der Waals surface area (Å²) in [5, 5.41) is 0. The predicted molar refractivity (Wildman–Crippen MR) is 134 cm³/mol. The standard InChI is InChI=1S/2C13H12N3.2ClH.3H2O/c2*1-15-10-11-6-3-5-9-16(11)13(15)12-7-2-4-8-14-12;;;;;/h2*2-10H,1H3;2*1H;3*1H2/q2*+1;;;;;/p-2. The number of fused-ring (bicyclic) bond motifs is 2. The second kappa shape index (κ2) is 14.6. The van der Waals surface area contributed by atoms with Crippen LogP contribution in [0.1, 0.15) is 0 Å². The van der Waals surface area contributed by atoms with Crippen LogP contribution in [0.3, 0.4) is 0 Å². The van der Waals surface area contributed by atoms with E-state index in [-0.39, 0.29) is 41.2 Å². The van der Waals surface area contributed by atoms with Crippen LogP contribution < -0.4 is 33.9 Å². The maximum absolute atomic E-state index is 4.39. The van der Waals surface area contributed by atoms with E-state index in [9.17, 15) is 0 Å². The molecule has 37 heavy (non-hydrogen) atoms. The van der Waals surface area contributed by atoms with E-state index in [4.69, 9.17) is 0 Å². The lowest BCUT2D eigenvalue weighted by Crippen LogP contribution is -3.00. The number of pyridine rings is 4. The number of hydrogen-bond acceptors (Lipinski definition) is 2. The zero-order valence-electron chi connectivity index (χ0n) is 20.3. The Balaban J connectivity index is 0.000000617. The number of hydrogen-bond donors (Lipinski definition) is 0. The molecule has 6 heterocycles. The second-order valence-corrected chi connectivity index (χ2v) is 7.55. The first-order valence-corrected chi connectivity index (χ1v) is 10.5. The van der Waals surface area contributed by atoms with Gasteiger partial charge in [0.15, 0.2) is 22.4 Å². The quantitative estimate of drug-likeness (QED) is 0.202. The molecule has 0 spiro atoms. The first-order chi connectivity index (χ1) is 15.7. The van der Waals surface area contributed by atoms with E-state index in [1.807, 2.05) is 87.2 Å². The molecule has 9 nitrogen and oxygen atoms in total. The van der Waals surface area contributed by atoms with Gasteiger partial charge in [-0.25, -0.2) is 19.1 Å². The van der Waals surface area contributed by atoms with Crippen molar-refractivity contribution in [1.29, 1.82) is 0 Å². The molecular formula is C26H30Cl2N6O3. The average Bonchev–Trinajstić information content (AvgIpc) is 3.35. The van der Waals surface area contributed by atoms with Gasteiger partial charge in [0.1, 0.15) is 12.4 Å². The summed E-state index contributed by atoms with van der Waals surface area (Å²) < 4.78 is 8.47. The normalized spacial score (nSPS) is 9.35. The summed E-state index contributed by atoms with van der Waals surface area (Å²) in [6, 6.07) is 24.2. The molecule has 0 unspecified atom stereocenters. The first kappa shape index (κ1) is 33.1. The lowest BCUT2D eigenvalue weighted by Gasteiger charge is -1.95. The highest BCUT2D eigenvalue weighted by atomic mass is 35.5. The van der Waals surface area contributed by atoms with Gasteiger partial charge in [0.25, 0.3) is 0 Å². The van der Waals surface area contributed by atoms with Crippen molar-refractivity contribution in [2.45, 2.75) is 0 Å². The Morgan fingerprint density at radius 2 is 0.919 bits per heavy atom. The average molecular weight is 545 g/mol. The summed E-state index contributed by atoms with van der Waals surface area (Å²) in [7, 11) is 4.08. The van der Waals surface area contributed by atoms with Crippen LogP contribution in [0.4, 0.5) is 0 Å². The Morgan fingerprint density at radius 3 is 1.27 bits per heavy atom. The van der Waals surface area contributed by atoms with Gasteiger partial charge in [-0.2, -0.15) is 8.80 Å². The van der Waals surface area contributed by atoms with Gasteiger partial charge in [-0.15, -0.1) is 0 Å². The maximum atomic E-state index is 4.39. The number of nitrogens with zero attached hydrogens (tertiary/aromatic N) is 6. The van der Waals surface area contributed by atoms with E-state index >= 15 is 0 Å². The number of aromatic nitrogens is 6. The molecule has 0 aliphatic heterocycles. The van der Waals surface area contributed by atoms with Crippen molar-refractivity contribution in [3.63, 3.8) is 0 Å². The van der Waals surface area contributed by atoms with Gasteiger partial charge < -0.3 is 41.2 Å². The number of rotatable bonds is 2. The van der Waals surface area contributed by atoms with Crippen molar-refractivity contribution in [2.75, 3.05) is 0 Å². The topological polar surface area (TPSA) is 137 Å². The molecule has 0 atom stereocenters. The lowest BCUT2D eigenvalue weighted by atomic mass is 10.3. The minimum Gasteiger partial charge on any atom is -1.00 e. The van der Waals surface area contributed by atoms with Crippen molar-refractivity contribution >= 4 is 11.0 Å². The van der Waals surface area contributed by atoms with Crippen LogP contribution in [-0.2, 0) is 14.1 Å². The van der Waals surface area contributed by atoms with Gasteiger partial charge in [0, 0.05) is 12.4 Å². The predicted octanol–water partition coefficient (Wildman–Crippen LogP) is -4.81. The SMILES string of the molecule is C[n+]1cc2ccccn2c1-c1ccccn1.C[n+]1cc2ccccn2c1-c1ccccn1.O.O.O.[Cl-].[Cl-].